The average molecular weight is 329 g/mol. The number of hydrogen-bond donors (Lipinski definition) is 1. The highest BCUT2D eigenvalue weighted by Gasteiger charge is 2.07. The average Bonchev–Trinajstić information content (AvgIpc) is 2.89. The Kier molecular flexibility index (Phi) is 4.25. The number of carbonyl (C=O) groups is 1. The number of carbonyl (C=O) groups excluding carboxylic acids is 1. The molecule has 1 N–H and O–H groups in total. The molecule has 0 aliphatic carbocycles. The molecule has 3 rings (SSSR count). The normalized spacial score (nSPS) is 11.0. The van der Waals surface area contributed by atoms with Crippen molar-refractivity contribution in [3.8, 4) is 5.88 Å². The lowest BCUT2D eigenvalue weighted by Crippen LogP contribution is -2.08. The van der Waals surface area contributed by atoms with Gasteiger partial charge in [0.1, 0.15) is 5.65 Å². The van der Waals surface area contributed by atoms with E-state index in [9.17, 15) is 4.79 Å². The Morgan fingerprint density at radius 3 is 2.96 bits per heavy atom. The van der Waals surface area contributed by atoms with Crippen LogP contribution in [-0.4, -0.2) is 27.4 Å². The van der Waals surface area contributed by atoms with Crippen LogP contribution in [0.1, 0.15) is 5.69 Å². The molecule has 6 nitrogen and oxygen atoms in total. The Morgan fingerprint density at radius 1 is 1.35 bits per heavy atom. The van der Waals surface area contributed by atoms with Crippen LogP contribution in [0.2, 0.25) is 5.15 Å². The van der Waals surface area contributed by atoms with E-state index in [0.29, 0.717) is 22.4 Å². The number of fused-ring (bicyclic) bond motifs is 1. The zero-order valence-electron chi connectivity index (χ0n) is 12.2. The first kappa shape index (κ1) is 15.1. The van der Waals surface area contributed by atoms with Gasteiger partial charge < -0.3 is 10.1 Å². The molecule has 0 saturated heterocycles. The van der Waals surface area contributed by atoms with Gasteiger partial charge in [-0.05, 0) is 24.3 Å². The fraction of sp³-hybridized carbons (Fsp3) is 0.0625. The molecule has 0 radical (unpaired) electrons. The van der Waals surface area contributed by atoms with Gasteiger partial charge in [0.2, 0.25) is 11.8 Å². The van der Waals surface area contributed by atoms with Crippen LogP contribution >= 0.6 is 11.6 Å². The molecule has 23 heavy (non-hydrogen) atoms. The van der Waals surface area contributed by atoms with E-state index in [0.717, 1.165) is 5.65 Å². The molecule has 0 aromatic carbocycles. The number of pyridine rings is 2. The summed E-state index contributed by atoms with van der Waals surface area (Å²) in [6.45, 7) is 0. The zero-order chi connectivity index (χ0) is 16.2. The third-order valence-corrected chi connectivity index (χ3v) is 3.41. The van der Waals surface area contributed by atoms with Gasteiger partial charge in [0.15, 0.2) is 5.15 Å². The minimum absolute atomic E-state index is 0.293. The van der Waals surface area contributed by atoms with Crippen molar-refractivity contribution in [1.82, 2.24) is 14.4 Å². The van der Waals surface area contributed by atoms with E-state index in [1.807, 2.05) is 24.4 Å². The predicted molar refractivity (Wildman–Crippen MR) is 88.7 cm³/mol. The second kappa shape index (κ2) is 6.50. The number of halogens is 1. The van der Waals surface area contributed by atoms with E-state index >= 15 is 0 Å². The number of rotatable bonds is 4. The Balaban J connectivity index is 1.75. The fourth-order valence-electron chi connectivity index (χ4n) is 2.05. The standard InChI is InChI=1S/C16H13ClN4O2/c1-23-15-8-5-11(10-18-15)19-14(22)7-6-12-16(17)20-13-4-2-3-9-21(12)13/h2-10H,1H3,(H,19,22). The summed E-state index contributed by atoms with van der Waals surface area (Å²) in [4.78, 5) is 20.2. The van der Waals surface area contributed by atoms with Gasteiger partial charge in [-0.1, -0.05) is 17.7 Å². The molecule has 116 valence electrons. The van der Waals surface area contributed by atoms with Crippen LogP contribution in [0.25, 0.3) is 11.7 Å². The maximum atomic E-state index is 12.0. The molecule has 3 aromatic rings. The molecule has 0 fully saturated rings. The number of nitrogens with zero attached hydrogens (tertiary/aromatic N) is 3. The molecule has 0 unspecified atom stereocenters. The molecular formula is C16H13ClN4O2. The van der Waals surface area contributed by atoms with Crippen molar-refractivity contribution in [1.29, 1.82) is 0 Å². The SMILES string of the molecule is COc1ccc(NC(=O)C=Cc2c(Cl)nc3ccccn23)cn1. The van der Waals surface area contributed by atoms with Crippen LogP contribution in [0.3, 0.4) is 0 Å². The number of aromatic nitrogens is 3. The van der Waals surface area contributed by atoms with Crippen molar-refractivity contribution in [2.45, 2.75) is 0 Å². The van der Waals surface area contributed by atoms with E-state index in [2.05, 4.69) is 15.3 Å². The van der Waals surface area contributed by atoms with Crippen molar-refractivity contribution in [3.05, 3.63) is 59.6 Å². The summed E-state index contributed by atoms with van der Waals surface area (Å²) in [5, 5.41) is 3.05. The van der Waals surface area contributed by atoms with Gasteiger partial charge in [0.05, 0.1) is 24.7 Å². The van der Waals surface area contributed by atoms with E-state index in [1.165, 1.54) is 19.4 Å². The molecule has 3 heterocycles. The molecule has 3 aromatic heterocycles. The van der Waals surface area contributed by atoms with Gasteiger partial charge in [0, 0.05) is 18.3 Å². The Bertz CT molecular complexity index is 871. The fourth-order valence-corrected chi connectivity index (χ4v) is 2.29. The molecule has 7 heteroatoms. The maximum absolute atomic E-state index is 12.0. The van der Waals surface area contributed by atoms with Crippen LogP contribution in [0.15, 0.2) is 48.8 Å². The van der Waals surface area contributed by atoms with Crippen LogP contribution in [-0.2, 0) is 4.79 Å². The van der Waals surface area contributed by atoms with Crippen molar-refractivity contribution >= 4 is 34.9 Å². The highest BCUT2D eigenvalue weighted by atomic mass is 35.5. The number of hydrogen-bond acceptors (Lipinski definition) is 4. The number of imidazole rings is 1. The quantitative estimate of drug-likeness (QED) is 0.747. The van der Waals surface area contributed by atoms with Gasteiger partial charge in [-0.2, -0.15) is 0 Å². The first-order valence-corrected chi connectivity index (χ1v) is 7.17. The Hall–Kier alpha value is -2.86. The lowest BCUT2D eigenvalue weighted by Gasteiger charge is -2.03. The second-order valence-corrected chi connectivity index (χ2v) is 4.99. The van der Waals surface area contributed by atoms with Crippen LogP contribution in [0.4, 0.5) is 5.69 Å². The zero-order valence-corrected chi connectivity index (χ0v) is 13.0. The highest BCUT2D eigenvalue weighted by Crippen LogP contribution is 2.19. The maximum Gasteiger partial charge on any atom is 0.248 e. The highest BCUT2D eigenvalue weighted by molar-refractivity contribution is 6.31. The molecular weight excluding hydrogens is 316 g/mol. The summed E-state index contributed by atoms with van der Waals surface area (Å²) in [5.41, 5.74) is 1.94. The third-order valence-electron chi connectivity index (χ3n) is 3.13. The van der Waals surface area contributed by atoms with Gasteiger partial charge in [-0.25, -0.2) is 9.97 Å². The first-order valence-electron chi connectivity index (χ1n) is 6.79. The molecule has 0 atom stereocenters. The number of nitrogens with one attached hydrogen (secondary N) is 1. The smallest absolute Gasteiger partial charge is 0.248 e. The van der Waals surface area contributed by atoms with Crippen molar-refractivity contribution in [2.24, 2.45) is 0 Å². The molecule has 1 amide bonds. The van der Waals surface area contributed by atoms with Crippen molar-refractivity contribution < 1.29 is 9.53 Å². The van der Waals surface area contributed by atoms with E-state index < -0.39 is 0 Å². The second-order valence-electron chi connectivity index (χ2n) is 4.63. The molecule has 0 aliphatic heterocycles. The lowest BCUT2D eigenvalue weighted by atomic mass is 10.3. The summed E-state index contributed by atoms with van der Waals surface area (Å²) in [6, 6.07) is 8.95. The summed E-state index contributed by atoms with van der Waals surface area (Å²) >= 11 is 6.11. The summed E-state index contributed by atoms with van der Waals surface area (Å²) < 4.78 is 6.77. The van der Waals surface area contributed by atoms with Crippen LogP contribution in [0, 0.1) is 0 Å². The monoisotopic (exact) mass is 328 g/mol. The summed E-state index contributed by atoms with van der Waals surface area (Å²) in [5.74, 6) is 0.190. The molecule has 0 bridgehead atoms. The largest absolute Gasteiger partial charge is 0.481 e. The van der Waals surface area contributed by atoms with Gasteiger partial charge in [-0.15, -0.1) is 0 Å². The summed E-state index contributed by atoms with van der Waals surface area (Å²) in [7, 11) is 1.53. The topological polar surface area (TPSA) is 68.5 Å². The number of ether oxygens (including phenoxy) is 1. The van der Waals surface area contributed by atoms with Crippen LogP contribution in [0.5, 0.6) is 5.88 Å². The van der Waals surface area contributed by atoms with Gasteiger partial charge >= 0.3 is 0 Å². The minimum Gasteiger partial charge on any atom is -0.481 e. The van der Waals surface area contributed by atoms with E-state index in [4.69, 9.17) is 16.3 Å². The number of methoxy groups -OCH3 is 1. The van der Waals surface area contributed by atoms with Gasteiger partial charge in [0.25, 0.3) is 0 Å². The van der Waals surface area contributed by atoms with E-state index in [-0.39, 0.29) is 5.91 Å². The van der Waals surface area contributed by atoms with Crippen molar-refractivity contribution in [3.63, 3.8) is 0 Å². The van der Waals surface area contributed by atoms with Crippen LogP contribution < -0.4 is 10.1 Å². The van der Waals surface area contributed by atoms with Crippen molar-refractivity contribution in [2.75, 3.05) is 12.4 Å². The molecule has 0 aliphatic rings. The number of amides is 1. The minimum atomic E-state index is -0.293. The lowest BCUT2D eigenvalue weighted by molar-refractivity contribution is -0.111. The Labute approximate surface area is 137 Å². The molecule has 0 saturated carbocycles. The summed E-state index contributed by atoms with van der Waals surface area (Å²) in [6.07, 6.45) is 6.37. The first-order chi connectivity index (χ1) is 11.2. The van der Waals surface area contributed by atoms with Gasteiger partial charge in [-0.3, -0.25) is 9.20 Å². The van der Waals surface area contributed by atoms with E-state index in [1.54, 1.807) is 22.6 Å². The predicted octanol–water partition coefficient (Wildman–Crippen LogP) is 3.04. The number of anilines is 1. The Morgan fingerprint density at radius 2 is 2.22 bits per heavy atom. The third kappa shape index (κ3) is 3.32. The molecule has 0 spiro atoms.